The van der Waals surface area contributed by atoms with E-state index in [4.69, 9.17) is 0 Å². The third-order valence-electron chi connectivity index (χ3n) is 3.10. The summed E-state index contributed by atoms with van der Waals surface area (Å²) in [5, 5.41) is 13.0. The maximum absolute atomic E-state index is 9.88. The fraction of sp³-hybridized carbons (Fsp3) is 1.00. The standard InChI is InChI=1S/C10H21NO/c1-8(11-2)10(12)9-6-4-3-5-7-9/h8-12H,3-7H2,1-2H3/t8-,10+/m0/s1. The van der Waals surface area contributed by atoms with Crippen molar-refractivity contribution < 1.29 is 5.11 Å². The summed E-state index contributed by atoms with van der Waals surface area (Å²) in [5.74, 6) is 0.543. The largest absolute Gasteiger partial charge is 0.391 e. The van der Waals surface area contributed by atoms with Gasteiger partial charge in [0.1, 0.15) is 0 Å². The molecule has 12 heavy (non-hydrogen) atoms. The second-order valence-corrected chi connectivity index (χ2v) is 3.97. The number of hydrogen-bond acceptors (Lipinski definition) is 2. The average molecular weight is 171 g/mol. The molecule has 0 radical (unpaired) electrons. The fourth-order valence-electron chi connectivity index (χ4n) is 2.05. The summed E-state index contributed by atoms with van der Waals surface area (Å²) in [6, 6.07) is 0.244. The van der Waals surface area contributed by atoms with Crippen molar-refractivity contribution in [3.8, 4) is 0 Å². The first-order chi connectivity index (χ1) is 5.75. The van der Waals surface area contributed by atoms with Crippen molar-refractivity contribution in [2.24, 2.45) is 5.92 Å². The minimum Gasteiger partial charge on any atom is -0.391 e. The maximum Gasteiger partial charge on any atom is 0.0718 e. The quantitative estimate of drug-likeness (QED) is 0.675. The Bertz CT molecular complexity index is 121. The molecule has 0 aromatic carbocycles. The van der Waals surface area contributed by atoms with E-state index in [1.165, 1.54) is 32.1 Å². The van der Waals surface area contributed by atoms with E-state index in [0.29, 0.717) is 5.92 Å². The van der Waals surface area contributed by atoms with Gasteiger partial charge in [-0.15, -0.1) is 0 Å². The van der Waals surface area contributed by atoms with Crippen LogP contribution < -0.4 is 5.32 Å². The molecule has 0 heterocycles. The second kappa shape index (κ2) is 4.83. The Hall–Kier alpha value is -0.0800. The van der Waals surface area contributed by atoms with Gasteiger partial charge in [-0.2, -0.15) is 0 Å². The Morgan fingerprint density at radius 1 is 1.25 bits per heavy atom. The SMILES string of the molecule is CN[C@@H](C)[C@@H](O)C1CCCCC1. The lowest BCUT2D eigenvalue weighted by atomic mass is 9.83. The van der Waals surface area contributed by atoms with Crippen molar-refractivity contribution in [2.75, 3.05) is 7.05 Å². The van der Waals surface area contributed by atoms with E-state index < -0.39 is 0 Å². The Balaban J connectivity index is 2.33. The van der Waals surface area contributed by atoms with Crippen molar-refractivity contribution in [3.05, 3.63) is 0 Å². The fourth-order valence-corrected chi connectivity index (χ4v) is 2.05. The van der Waals surface area contributed by atoms with E-state index >= 15 is 0 Å². The van der Waals surface area contributed by atoms with Gasteiger partial charge >= 0.3 is 0 Å². The molecule has 1 fully saturated rings. The smallest absolute Gasteiger partial charge is 0.0718 e. The zero-order valence-corrected chi connectivity index (χ0v) is 8.21. The first-order valence-corrected chi connectivity index (χ1v) is 5.11. The lowest BCUT2D eigenvalue weighted by Gasteiger charge is -2.30. The van der Waals surface area contributed by atoms with Crippen LogP contribution in [0, 0.1) is 5.92 Å². The molecule has 0 bridgehead atoms. The molecule has 72 valence electrons. The molecule has 2 atom stereocenters. The first-order valence-electron chi connectivity index (χ1n) is 5.11. The Kier molecular flexibility index (Phi) is 4.02. The number of aliphatic hydroxyl groups is 1. The third kappa shape index (κ3) is 2.46. The van der Waals surface area contributed by atoms with Gasteiger partial charge in [-0.25, -0.2) is 0 Å². The topological polar surface area (TPSA) is 32.3 Å². The lowest BCUT2D eigenvalue weighted by molar-refractivity contribution is 0.0580. The molecule has 0 aromatic rings. The summed E-state index contributed by atoms with van der Waals surface area (Å²) < 4.78 is 0. The number of aliphatic hydroxyl groups excluding tert-OH is 1. The highest BCUT2D eigenvalue weighted by molar-refractivity contribution is 4.79. The van der Waals surface area contributed by atoms with Gasteiger partial charge in [-0.05, 0) is 32.7 Å². The monoisotopic (exact) mass is 171 g/mol. The summed E-state index contributed by atoms with van der Waals surface area (Å²) in [5.41, 5.74) is 0. The molecule has 1 aliphatic rings. The van der Waals surface area contributed by atoms with Gasteiger partial charge in [0, 0.05) is 6.04 Å². The van der Waals surface area contributed by atoms with Crippen LogP contribution in [0.25, 0.3) is 0 Å². The summed E-state index contributed by atoms with van der Waals surface area (Å²) in [6.45, 7) is 2.05. The lowest BCUT2D eigenvalue weighted by Crippen LogP contribution is -2.40. The van der Waals surface area contributed by atoms with Crippen molar-refractivity contribution in [1.29, 1.82) is 0 Å². The van der Waals surface area contributed by atoms with Crippen LogP contribution >= 0.6 is 0 Å². The van der Waals surface area contributed by atoms with Gasteiger partial charge in [0.15, 0.2) is 0 Å². The van der Waals surface area contributed by atoms with Gasteiger partial charge in [0.05, 0.1) is 6.10 Å². The van der Waals surface area contributed by atoms with Crippen LogP contribution in [0.4, 0.5) is 0 Å². The molecular formula is C10H21NO. The van der Waals surface area contributed by atoms with E-state index in [1.54, 1.807) is 0 Å². The molecule has 0 saturated heterocycles. The molecule has 0 spiro atoms. The van der Waals surface area contributed by atoms with Crippen molar-refractivity contribution in [1.82, 2.24) is 5.32 Å². The number of nitrogens with one attached hydrogen (secondary N) is 1. The van der Waals surface area contributed by atoms with E-state index in [1.807, 2.05) is 7.05 Å². The highest BCUT2D eigenvalue weighted by atomic mass is 16.3. The van der Waals surface area contributed by atoms with E-state index in [9.17, 15) is 5.11 Å². The van der Waals surface area contributed by atoms with Crippen LogP contribution in [-0.4, -0.2) is 24.3 Å². The van der Waals surface area contributed by atoms with Crippen molar-refractivity contribution >= 4 is 0 Å². The van der Waals surface area contributed by atoms with E-state index in [0.717, 1.165) is 0 Å². The predicted octanol–water partition coefficient (Wildman–Crippen LogP) is 1.54. The van der Waals surface area contributed by atoms with Crippen LogP contribution in [-0.2, 0) is 0 Å². The second-order valence-electron chi connectivity index (χ2n) is 3.97. The third-order valence-corrected chi connectivity index (χ3v) is 3.10. The normalized spacial score (nSPS) is 25.2. The highest BCUT2D eigenvalue weighted by Gasteiger charge is 2.24. The van der Waals surface area contributed by atoms with Crippen LogP contribution in [0.1, 0.15) is 39.0 Å². The van der Waals surface area contributed by atoms with Crippen LogP contribution in [0.2, 0.25) is 0 Å². The first kappa shape index (κ1) is 10.0. The summed E-state index contributed by atoms with van der Waals surface area (Å²) >= 11 is 0. The number of hydrogen-bond donors (Lipinski definition) is 2. The number of likely N-dealkylation sites (N-methyl/N-ethyl adjacent to an activating group) is 1. The molecule has 0 unspecified atom stereocenters. The van der Waals surface area contributed by atoms with Crippen molar-refractivity contribution in [2.45, 2.75) is 51.2 Å². The molecule has 0 aliphatic heterocycles. The molecule has 1 rings (SSSR count). The van der Waals surface area contributed by atoms with Gasteiger partial charge in [-0.1, -0.05) is 19.3 Å². The van der Waals surface area contributed by atoms with Crippen LogP contribution in [0.15, 0.2) is 0 Å². The summed E-state index contributed by atoms with van der Waals surface area (Å²) in [4.78, 5) is 0. The molecule has 2 nitrogen and oxygen atoms in total. The Morgan fingerprint density at radius 2 is 1.83 bits per heavy atom. The molecule has 1 aliphatic carbocycles. The van der Waals surface area contributed by atoms with Crippen LogP contribution in [0.3, 0.4) is 0 Å². The Morgan fingerprint density at radius 3 is 2.33 bits per heavy atom. The maximum atomic E-state index is 9.88. The minimum atomic E-state index is -0.143. The van der Waals surface area contributed by atoms with Crippen molar-refractivity contribution in [3.63, 3.8) is 0 Å². The van der Waals surface area contributed by atoms with Crippen LogP contribution in [0.5, 0.6) is 0 Å². The predicted molar refractivity (Wildman–Crippen MR) is 51.1 cm³/mol. The zero-order valence-electron chi connectivity index (χ0n) is 8.21. The van der Waals surface area contributed by atoms with Gasteiger partial charge in [0.25, 0.3) is 0 Å². The van der Waals surface area contributed by atoms with Gasteiger partial charge in [0.2, 0.25) is 0 Å². The Labute approximate surface area is 75.4 Å². The molecule has 0 aromatic heterocycles. The molecule has 2 heteroatoms. The zero-order chi connectivity index (χ0) is 8.97. The minimum absolute atomic E-state index is 0.143. The van der Waals surface area contributed by atoms with Gasteiger partial charge < -0.3 is 10.4 Å². The van der Waals surface area contributed by atoms with E-state index in [2.05, 4.69) is 12.2 Å². The molecule has 0 amide bonds. The highest BCUT2D eigenvalue weighted by Crippen LogP contribution is 2.27. The average Bonchev–Trinajstić information content (AvgIpc) is 2.17. The molecule has 1 saturated carbocycles. The van der Waals surface area contributed by atoms with E-state index in [-0.39, 0.29) is 12.1 Å². The number of rotatable bonds is 3. The van der Waals surface area contributed by atoms with Gasteiger partial charge in [-0.3, -0.25) is 0 Å². The molecule has 2 N–H and O–H groups in total. The summed E-state index contributed by atoms with van der Waals surface area (Å²) in [6.07, 6.45) is 6.25. The molecular weight excluding hydrogens is 150 g/mol. The summed E-state index contributed by atoms with van der Waals surface area (Å²) in [7, 11) is 1.91.